The Morgan fingerprint density at radius 1 is 0.909 bits per heavy atom. The second-order valence-electron chi connectivity index (χ2n) is 6.95. The average molecular weight is 510 g/mol. The van der Waals surface area contributed by atoms with Crippen LogP contribution in [0.2, 0.25) is 5.02 Å². The number of carbonyl (C=O) groups excluding carboxylic acids is 1. The molecular weight excluding hydrogens is 490 g/mol. The maximum Gasteiger partial charge on any atom is 0.262 e. The highest BCUT2D eigenvalue weighted by atomic mass is 35.5. The Hall–Kier alpha value is -3.12. The summed E-state index contributed by atoms with van der Waals surface area (Å²) >= 11 is 5.89. The van der Waals surface area contributed by atoms with Gasteiger partial charge in [-0.25, -0.2) is 22.0 Å². The molecule has 0 heterocycles. The molecule has 0 aliphatic carbocycles. The van der Waals surface area contributed by atoms with E-state index in [1.165, 1.54) is 48.5 Å². The van der Waals surface area contributed by atoms with Crippen molar-refractivity contribution in [3.05, 3.63) is 77.3 Å². The minimum Gasteiger partial charge on any atom is -0.483 e. The minimum absolute atomic E-state index is 0.0518. The number of anilines is 2. The summed E-state index contributed by atoms with van der Waals surface area (Å²) in [5, 5.41) is 8.21. The molecule has 0 bridgehead atoms. The number of nitrogens with two attached hydrogens (primary N) is 1. The quantitative estimate of drug-likeness (QED) is 0.425. The van der Waals surface area contributed by atoms with E-state index in [0.717, 1.165) is 5.56 Å². The molecule has 0 aromatic heterocycles. The van der Waals surface area contributed by atoms with Crippen molar-refractivity contribution in [2.24, 2.45) is 5.14 Å². The van der Waals surface area contributed by atoms with Crippen molar-refractivity contribution in [1.82, 2.24) is 0 Å². The van der Waals surface area contributed by atoms with Gasteiger partial charge in [-0.1, -0.05) is 11.6 Å². The van der Waals surface area contributed by atoms with Gasteiger partial charge in [0.2, 0.25) is 10.0 Å². The standard InChI is InChI=1S/C21H20ClN3O6S2/c1-14-12-15(22)2-11-20(14)31-13-21(26)24-16-3-9-19(10-4-16)33(29,30)25-17-5-7-18(8-6-17)32(23,27)28/h2-12,25H,13H2,1H3,(H,24,26)(H2,23,27,28). The van der Waals surface area contributed by atoms with Gasteiger partial charge >= 0.3 is 0 Å². The maximum atomic E-state index is 12.6. The SMILES string of the molecule is Cc1cc(Cl)ccc1OCC(=O)Nc1ccc(S(=O)(=O)Nc2ccc(S(N)(=O)=O)cc2)cc1. The normalized spacial score (nSPS) is 11.6. The minimum atomic E-state index is -3.94. The second-order valence-corrected chi connectivity index (χ2v) is 10.6. The molecule has 0 unspecified atom stereocenters. The predicted octanol–water partition coefficient (Wildman–Crippen LogP) is 3.11. The van der Waals surface area contributed by atoms with Crippen LogP contribution in [0, 0.1) is 6.92 Å². The zero-order chi connectivity index (χ0) is 24.2. The van der Waals surface area contributed by atoms with Crippen molar-refractivity contribution in [1.29, 1.82) is 0 Å². The van der Waals surface area contributed by atoms with E-state index in [1.807, 2.05) is 0 Å². The van der Waals surface area contributed by atoms with Crippen LogP contribution in [0.4, 0.5) is 11.4 Å². The lowest BCUT2D eigenvalue weighted by Gasteiger charge is -2.11. The number of carbonyl (C=O) groups is 1. The molecule has 3 aromatic carbocycles. The van der Waals surface area contributed by atoms with E-state index in [-0.39, 0.29) is 22.1 Å². The summed E-state index contributed by atoms with van der Waals surface area (Å²) in [4.78, 5) is 12.0. The van der Waals surface area contributed by atoms with E-state index >= 15 is 0 Å². The zero-order valence-electron chi connectivity index (χ0n) is 17.3. The van der Waals surface area contributed by atoms with E-state index in [1.54, 1.807) is 25.1 Å². The highest BCUT2D eigenvalue weighted by Gasteiger charge is 2.15. The van der Waals surface area contributed by atoms with Crippen LogP contribution in [-0.4, -0.2) is 29.3 Å². The van der Waals surface area contributed by atoms with Gasteiger partial charge in [-0.05, 0) is 79.2 Å². The Balaban J connectivity index is 1.60. The van der Waals surface area contributed by atoms with Gasteiger partial charge in [0, 0.05) is 16.4 Å². The third-order valence-electron chi connectivity index (χ3n) is 4.38. The Bertz CT molecular complexity index is 1370. The molecule has 12 heteroatoms. The summed E-state index contributed by atoms with van der Waals surface area (Å²) in [5.74, 6) is 0.104. The van der Waals surface area contributed by atoms with Gasteiger partial charge in [0.25, 0.3) is 15.9 Å². The number of hydrogen-bond acceptors (Lipinski definition) is 6. The fourth-order valence-corrected chi connectivity index (χ4v) is 4.56. The summed E-state index contributed by atoms with van der Waals surface area (Å²) in [6.45, 7) is 1.57. The van der Waals surface area contributed by atoms with E-state index in [2.05, 4.69) is 10.0 Å². The first-order valence-electron chi connectivity index (χ1n) is 9.38. The lowest BCUT2D eigenvalue weighted by Crippen LogP contribution is -2.20. The third kappa shape index (κ3) is 6.68. The number of sulfonamides is 2. The Labute approximate surface area is 196 Å². The predicted molar refractivity (Wildman–Crippen MR) is 125 cm³/mol. The molecule has 0 aliphatic rings. The van der Waals surface area contributed by atoms with Crippen LogP contribution in [0.25, 0.3) is 0 Å². The third-order valence-corrected chi connectivity index (χ3v) is 6.94. The van der Waals surface area contributed by atoms with Gasteiger partial charge < -0.3 is 10.1 Å². The molecule has 0 fully saturated rings. The Kier molecular flexibility index (Phi) is 7.28. The summed E-state index contributed by atoms with van der Waals surface area (Å²) in [6, 6.07) is 15.5. The average Bonchev–Trinajstić information content (AvgIpc) is 2.73. The maximum absolute atomic E-state index is 12.6. The highest BCUT2D eigenvalue weighted by molar-refractivity contribution is 7.92. The lowest BCUT2D eigenvalue weighted by atomic mass is 10.2. The number of amides is 1. The van der Waals surface area contributed by atoms with Crippen molar-refractivity contribution in [3.63, 3.8) is 0 Å². The number of nitrogens with one attached hydrogen (secondary N) is 2. The van der Waals surface area contributed by atoms with Crippen LogP contribution in [0.15, 0.2) is 76.5 Å². The Morgan fingerprint density at radius 3 is 2.06 bits per heavy atom. The smallest absolute Gasteiger partial charge is 0.262 e. The van der Waals surface area contributed by atoms with Crippen LogP contribution >= 0.6 is 11.6 Å². The number of aryl methyl sites for hydroxylation is 1. The van der Waals surface area contributed by atoms with Crippen molar-refractivity contribution in [2.75, 3.05) is 16.6 Å². The molecule has 3 aromatic rings. The number of hydrogen-bond donors (Lipinski definition) is 3. The van der Waals surface area contributed by atoms with Crippen LogP contribution in [0.5, 0.6) is 5.75 Å². The van der Waals surface area contributed by atoms with Crippen molar-refractivity contribution >= 4 is 48.9 Å². The number of rotatable bonds is 8. The van der Waals surface area contributed by atoms with Crippen molar-refractivity contribution in [2.45, 2.75) is 16.7 Å². The van der Waals surface area contributed by atoms with Crippen LogP contribution < -0.4 is 19.9 Å². The largest absolute Gasteiger partial charge is 0.483 e. The Morgan fingerprint density at radius 2 is 1.48 bits per heavy atom. The number of benzene rings is 3. The van der Waals surface area contributed by atoms with Gasteiger partial charge in [-0.2, -0.15) is 0 Å². The lowest BCUT2D eigenvalue weighted by molar-refractivity contribution is -0.118. The van der Waals surface area contributed by atoms with Gasteiger partial charge in [-0.3, -0.25) is 9.52 Å². The number of ether oxygens (including phenoxy) is 1. The fraction of sp³-hybridized carbons (Fsp3) is 0.0952. The number of halogens is 1. The summed E-state index contributed by atoms with van der Waals surface area (Å²) in [5.41, 5.74) is 1.33. The molecular formula is C21H20ClN3O6S2. The van der Waals surface area contributed by atoms with Crippen LogP contribution in [0.3, 0.4) is 0 Å². The molecule has 4 N–H and O–H groups in total. The van der Waals surface area contributed by atoms with Crippen LogP contribution in [0.1, 0.15) is 5.56 Å². The van der Waals surface area contributed by atoms with Crippen LogP contribution in [-0.2, 0) is 24.8 Å². The molecule has 9 nitrogen and oxygen atoms in total. The topological polar surface area (TPSA) is 145 Å². The monoisotopic (exact) mass is 509 g/mol. The van der Waals surface area contributed by atoms with Gasteiger partial charge in [0.1, 0.15) is 5.75 Å². The summed E-state index contributed by atoms with van der Waals surface area (Å²) in [6.07, 6.45) is 0. The van der Waals surface area contributed by atoms with Crippen molar-refractivity contribution in [3.8, 4) is 5.75 Å². The van der Waals surface area contributed by atoms with E-state index in [0.29, 0.717) is 16.5 Å². The molecule has 1 amide bonds. The molecule has 0 spiro atoms. The fourth-order valence-electron chi connectivity index (χ4n) is 2.76. The molecule has 0 saturated heterocycles. The molecule has 174 valence electrons. The molecule has 0 saturated carbocycles. The first-order chi connectivity index (χ1) is 15.4. The van der Waals surface area contributed by atoms with E-state index < -0.39 is 26.0 Å². The zero-order valence-corrected chi connectivity index (χ0v) is 19.7. The van der Waals surface area contributed by atoms with Gasteiger partial charge in [-0.15, -0.1) is 0 Å². The van der Waals surface area contributed by atoms with E-state index in [4.69, 9.17) is 21.5 Å². The first-order valence-corrected chi connectivity index (χ1v) is 12.8. The first kappa shape index (κ1) is 24.5. The molecule has 0 radical (unpaired) electrons. The second kappa shape index (κ2) is 9.79. The van der Waals surface area contributed by atoms with Gasteiger partial charge in [0.05, 0.1) is 9.79 Å². The number of primary sulfonamides is 1. The van der Waals surface area contributed by atoms with Crippen molar-refractivity contribution < 1.29 is 26.4 Å². The highest BCUT2D eigenvalue weighted by Crippen LogP contribution is 2.22. The van der Waals surface area contributed by atoms with Gasteiger partial charge in [0.15, 0.2) is 6.61 Å². The molecule has 0 atom stereocenters. The molecule has 33 heavy (non-hydrogen) atoms. The molecule has 3 rings (SSSR count). The summed E-state index contributed by atoms with van der Waals surface area (Å²) < 4.78 is 55.5. The summed E-state index contributed by atoms with van der Waals surface area (Å²) in [7, 11) is -7.82. The molecule has 0 aliphatic heterocycles. The van der Waals surface area contributed by atoms with E-state index in [9.17, 15) is 21.6 Å².